The van der Waals surface area contributed by atoms with E-state index in [-0.39, 0.29) is 40.6 Å². The van der Waals surface area contributed by atoms with E-state index in [4.69, 9.17) is 33.5 Å². The first kappa shape index (κ1) is 25.4. The lowest BCUT2D eigenvalue weighted by molar-refractivity contribution is 0.0990. The number of rotatable bonds is 6. The maximum atomic E-state index is 13.2. The van der Waals surface area contributed by atoms with Crippen molar-refractivity contribution in [2.75, 3.05) is 24.5 Å². The molecule has 1 saturated heterocycles. The SMILES string of the molecule is NC(=O)c1cncc(OC(=O)N2CCN(c3ccc(Cl)c(C(N)=O)c3)CC2c2cncc(C(N)=O)c2)c1. The average molecular weight is 524 g/mol. The molecule has 6 N–H and O–H groups in total. The van der Waals surface area contributed by atoms with Crippen LogP contribution in [0, 0.1) is 0 Å². The molecule has 4 rings (SSSR count). The Morgan fingerprint density at radius 1 is 0.865 bits per heavy atom. The van der Waals surface area contributed by atoms with Gasteiger partial charge in [-0.2, -0.15) is 0 Å². The molecule has 4 amide bonds. The largest absolute Gasteiger partial charge is 0.415 e. The van der Waals surface area contributed by atoms with Crippen molar-refractivity contribution in [3.63, 3.8) is 0 Å². The Balaban J connectivity index is 1.66. The van der Waals surface area contributed by atoms with E-state index in [0.717, 1.165) is 0 Å². The fourth-order valence-corrected chi connectivity index (χ4v) is 4.17. The van der Waals surface area contributed by atoms with Crippen molar-refractivity contribution in [1.82, 2.24) is 14.9 Å². The third-order valence-electron chi connectivity index (χ3n) is 5.83. The van der Waals surface area contributed by atoms with Crippen LogP contribution in [0.1, 0.15) is 42.7 Å². The van der Waals surface area contributed by atoms with Gasteiger partial charge in [0.25, 0.3) is 0 Å². The minimum atomic E-state index is -0.718. The smallest absolute Gasteiger partial charge is 0.409 e. The molecule has 0 spiro atoms. The summed E-state index contributed by atoms with van der Waals surface area (Å²) in [5, 5.41) is 0.222. The van der Waals surface area contributed by atoms with Gasteiger partial charge in [-0.05, 0) is 35.9 Å². The lowest BCUT2D eigenvalue weighted by Crippen LogP contribution is -2.51. The van der Waals surface area contributed by atoms with Crippen LogP contribution in [-0.4, -0.2) is 58.3 Å². The van der Waals surface area contributed by atoms with Crippen LogP contribution in [0.3, 0.4) is 0 Å². The summed E-state index contributed by atoms with van der Waals surface area (Å²) >= 11 is 6.10. The van der Waals surface area contributed by atoms with E-state index in [1.54, 1.807) is 24.3 Å². The molecule has 1 aromatic carbocycles. The van der Waals surface area contributed by atoms with Gasteiger partial charge in [-0.15, -0.1) is 0 Å². The Morgan fingerprint density at radius 2 is 1.54 bits per heavy atom. The Bertz CT molecular complexity index is 1400. The molecule has 2 aromatic heterocycles. The number of nitrogens with two attached hydrogens (primary N) is 3. The first-order chi connectivity index (χ1) is 17.6. The fourth-order valence-electron chi connectivity index (χ4n) is 3.96. The molecule has 1 atom stereocenters. The van der Waals surface area contributed by atoms with Gasteiger partial charge in [-0.1, -0.05) is 11.6 Å². The van der Waals surface area contributed by atoms with Crippen LogP contribution in [0.5, 0.6) is 5.75 Å². The van der Waals surface area contributed by atoms with Crippen molar-refractivity contribution in [2.24, 2.45) is 17.2 Å². The fraction of sp³-hybridized carbons (Fsp3) is 0.167. The number of primary amides is 3. The maximum Gasteiger partial charge on any atom is 0.415 e. The Morgan fingerprint density at radius 3 is 2.22 bits per heavy atom. The van der Waals surface area contributed by atoms with E-state index >= 15 is 0 Å². The summed E-state index contributed by atoms with van der Waals surface area (Å²) in [4.78, 5) is 59.6. The molecule has 3 aromatic rings. The van der Waals surface area contributed by atoms with Crippen LogP contribution in [0.25, 0.3) is 0 Å². The summed E-state index contributed by atoms with van der Waals surface area (Å²) in [6, 6.07) is 7.12. The second kappa shape index (κ2) is 10.5. The Hall–Kier alpha value is -4.71. The van der Waals surface area contributed by atoms with Crippen LogP contribution in [0.2, 0.25) is 5.02 Å². The number of benzene rings is 1. The standard InChI is InChI=1S/C24H22ClN7O5/c25-19-2-1-16(7-18(19)23(28)35)31-3-4-32(20(12-31)13-5-14(21(26)33)9-29-8-13)24(36)37-17-6-15(22(27)34)10-30-11-17/h1-2,5-11,20H,3-4,12H2,(H2,26,33)(H2,27,34)(H2,28,35). The number of pyridine rings is 2. The predicted octanol–water partition coefficient (Wildman–Crippen LogP) is 1.49. The molecule has 13 heteroatoms. The quantitative estimate of drug-likeness (QED) is 0.433. The minimum Gasteiger partial charge on any atom is -0.409 e. The number of carbonyl (C=O) groups excluding carboxylic acids is 4. The van der Waals surface area contributed by atoms with Gasteiger partial charge in [0, 0.05) is 43.9 Å². The molecule has 0 aliphatic carbocycles. The van der Waals surface area contributed by atoms with Gasteiger partial charge >= 0.3 is 6.09 Å². The summed E-state index contributed by atoms with van der Waals surface area (Å²) in [5.41, 5.74) is 17.8. The summed E-state index contributed by atoms with van der Waals surface area (Å²) in [6.07, 6.45) is 4.67. The second-order valence-corrected chi connectivity index (χ2v) is 8.60. The molecule has 3 heterocycles. The first-order valence-corrected chi connectivity index (χ1v) is 11.3. The van der Waals surface area contributed by atoms with Crippen LogP contribution in [0.4, 0.5) is 10.5 Å². The normalized spacial score (nSPS) is 15.2. The number of carbonyl (C=O) groups is 4. The Kier molecular flexibility index (Phi) is 7.20. The average Bonchev–Trinajstić information content (AvgIpc) is 2.88. The minimum absolute atomic E-state index is 0.0373. The van der Waals surface area contributed by atoms with Crippen molar-refractivity contribution in [3.8, 4) is 5.75 Å². The van der Waals surface area contributed by atoms with Gasteiger partial charge in [-0.25, -0.2) is 4.79 Å². The van der Waals surface area contributed by atoms with Gasteiger partial charge < -0.3 is 26.8 Å². The molecule has 12 nitrogen and oxygen atoms in total. The van der Waals surface area contributed by atoms with Crippen molar-refractivity contribution in [2.45, 2.75) is 6.04 Å². The number of ether oxygens (including phenoxy) is 1. The molecule has 190 valence electrons. The van der Waals surface area contributed by atoms with Crippen LogP contribution >= 0.6 is 11.6 Å². The lowest BCUT2D eigenvalue weighted by Gasteiger charge is -2.42. The van der Waals surface area contributed by atoms with E-state index < -0.39 is 29.9 Å². The van der Waals surface area contributed by atoms with E-state index in [9.17, 15) is 19.2 Å². The number of halogens is 1. The number of hydrogen-bond donors (Lipinski definition) is 3. The van der Waals surface area contributed by atoms with E-state index in [2.05, 4.69) is 9.97 Å². The third kappa shape index (κ3) is 5.59. The molecule has 1 fully saturated rings. The topological polar surface area (TPSA) is 188 Å². The zero-order chi connectivity index (χ0) is 26.7. The van der Waals surface area contributed by atoms with Gasteiger partial charge in [0.2, 0.25) is 17.7 Å². The molecule has 37 heavy (non-hydrogen) atoms. The molecule has 1 aliphatic heterocycles. The highest BCUT2D eigenvalue weighted by atomic mass is 35.5. The van der Waals surface area contributed by atoms with E-state index in [0.29, 0.717) is 17.8 Å². The highest BCUT2D eigenvalue weighted by molar-refractivity contribution is 6.33. The van der Waals surface area contributed by atoms with Crippen LogP contribution in [-0.2, 0) is 0 Å². The molecule has 1 unspecified atom stereocenters. The number of nitrogens with zero attached hydrogens (tertiary/aromatic N) is 4. The number of hydrogen-bond acceptors (Lipinski definition) is 8. The van der Waals surface area contributed by atoms with Crippen molar-refractivity contribution >= 4 is 41.1 Å². The van der Waals surface area contributed by atoms with Gasteiger partial charge in [-0.3, -0.25) is 29.3 Å². The number of amides is 4. The predicted molar refractivity (Wildman–Crippen MR) is 133 cm³/mol. The number of piperazine rings is 1. The van der Waals surface area contributed by atoms with Crippen LogP contribution < -0.4 is 26.8 Å². The highest BCUT2D eigenvalue weighted by Crippen LogP contribution is 2.31. The van der Waals surface area contributed by atoms with Gasteiger partial charge in [0.05, 0.1) is 34.0 Å². The van der Waals surface area contributed by atoms with Crippen LogP contribution in [0.15, 0.2) is 55.1 Å². The summed E-state index contributed by atoms with van der Waals surface area (Å²) < 4.78 is 5.49. The zero-order valence-electron chi connectivity index (χ0n) is 19.3. The summed E-state index contributed by atoms with van der Waals surface area (Å²) in [7, 11) is 0. The van der Waals surface area contributed by atoms with E-state index in [1.807, 2.05) is 4.90 Å². The van der Waals surface area contributed by atoms with Crippen molar-refractivity contribution in [1.29, 1.82) is 0 Å². The highest BCUT2D eigenvalue weighted by Gasteiger charge is 2.34. The van der Waals surface area contributed by atoms with Crippen molar-refractivity contribution < 1.29 is 23.9 Å². The third-order valence-corrected chi connectivity index (χ3v) is 6.16. The monoisotopic (exact) mass is 523 g/mol. The molecule has 0 radical (unpaired) electrons. The van der Waals surface area contributed by atoms with Gasteiger partial charge in [0.1, 0.15) is 0 Å². The summed E-state index contributed by atoms with van der Waals surface area (Å²) in [6.45, 7) is 0.814. The first-order valence-electron chi connectivity index (χ1n) is 11.0. The molecular weight excluding hydrogens is 502 g/mol. The molecule has 1 aliphatic rings. The summed E-state index contributed by atoms with van der Waals surface area (Å²) in [5.74, 6) is -2.02. The zero-order valence-corrected chi connectivity index (χ0v) is 20.1. The number of aromatic nitrogens is 2. The van der Waals surface area contributed by atoms with E-state index in [1.165, 1.54) is 35.8 Å². The second-order valence-electron chi connectivity index (χ2n) is 8.20. The molecule has 0 bridgehead atoms. The lowest BCUT2D eigenvalue weighted by atomic mass is 10.0. The number of anilines is 1. The maximum absolute atomic E-state index is 13.2. The Labute approximate surface area is 216 Å². The van der Waals surface area contributed by atoms with Gasteiger partial charge in [0.15, 0.2) is 5.75 Å². The molecular formula is C24H22ClN7O5. The molecule has 0 saturated carbocycles. The van der Waals surface area contributed by atoms with Crippen molar-refractivity contribution in [3.05, 3.63) is 82.4 Å².